The van der Waals surface area contributed by atoms with E-state index in [9.17, 15) is 19.2 Å². The highest BCUT2D eigenvalue weighted by Gasteiger charge is 2.32. The second kappa shape index (κ2) is 12.4. The molecule has 11 heteroatoms. The number of nitrogens with one attached hydrogen (secondary N) is 1. The van der Waals surface area contributed by atoms with Gasteiger partial charge in [-0.25, -0.2) is 4.79 Å². The molecule has 1 aromatic rings. The number of urea groups is 1. The first-order valence-electron chi connectivity index (χ1n) is 10.6. The van der Waals surface area contributed by atoms with Crippen molar-refractivity contribution in [2.45, 2.75) is 60.8 Å². The van der Waals surface area contributed by atoms with Crippen molar-refractivity contribution in [1.29, 1.82) is 0 Å². The number of hydrogen-bond acceptors (Lipinski definition) is 8. The third kappa shape index (κ3) is 7.19. The Hall–Kier alpha value is -3.63. The van der Waals surface area contributed by atoms with Crippen LogP contribution >= 0.6 is 0 Å². The molecule has 0 saturated carbocycles. The number of nitrogens with zero attached hydrogens (tertiary/aromatic N) is 2. The van der Waals surface area contributed by atoms with Gasteiger partial charge in [-0.2, -0.15) is 0 Å². The molecule has 3 N–H and O–H groups in total. The van der Waals surface area contributed by atoms with Crippen LogP contribution in [0.25, 0.3) is 0 Å². The van der Waals surface area contributed by atoms with Gasteiger partial charge in [0.2, 0.25) is 5.75 Å². The summed E-state index contributed by atoms with van der Waals surface area (Å²) in [5.74, 6) is -2.58. The van der Waals surface area contributed by atoms with Crippen LogP contribution in [-0.2, 0) is 27.2 Å². The molecular weight excluding hydrogens is 432 g/mol. The van der Waals surface area contributed by atoms with Crippen LogP contribution in [0.1, 0.15) is 59.1 Å². The van der Waals surface area contributed by atoms with Crippen molar-refractivity contribution >= 4 is 35.6 Å². The van der Waals surface area contributed by atoms with Gasteiger partial charge < -0.3 is 19.9 Å². The van der Waals surface area contributed by atoms with Crippen LogP contribution in [0.15, 0.2) is 4.99 Å². The Kier molecular flexibility index (Phi) is 10.3. The summed E-state index contributed by atoms with van der Waals surface area (Å²) in [6.07, 6.45) is 1.33. The summed E-state index contributed by atoms with van der Waals surface area (Å²) in [6, 6.07) is -0.612. The van der Waals surface area contributed by atoms with Gasteiger partial charge in [-0.05, 0) is 19.3 Å². The molecule has 33 heavy (non-hydrogen) atoms. The highest BCUT2D eigenvalue weighted by molar-refractivity contribution is 6.04. The van der Waals surface area contributed by atoms with E-state index in [2.05, 4.69) is 10.3 Å². The molecule has 0 spiro atoms. The summed E-state index contributed by atoms with van der Waals surface area (Å²) in [6.45, 7) is 9.44. The van der Waals surface area contributed by atoms with Crippen molar-refractivity contribution in [1.82, 2.24) is 5.32 Å². The quantitative estimate of drug-likeness (QED) is 0.258. The molecule has 0 aromatic heterocycles. The number of carbonyl (C=O) groups excluding carboxylic acids is 4. The zero-order valence-corrected chi connectivity index (χ0v) is 20.2. The predicted molar refractivity (Wildman–Crippen MR) is 123 cm³/mol. The van der Waals surface area contributed by atoms with Gasteiger partial charge in [0.25, 0.3) is 0 Å². The standard InChI is InChI=1S/C22H32N4O7/c1-8-11-24-21(23)25-22(30)26(7)17-15(9-2)18(31-12(4)27)20(33-14(6)29)19(16(17)10-3)32-13(5)28/h8-11H2,1-7H3,(H3,23,24,25,30). The number of nitrogens with two attached hydrogens (primary N) is 1. The zero-order valence-electron chi connectivity index (χ0n) is 20.2. The average Bonchev–Trinajstić information content (AvgIpc) is 2.72. The largest absolute Gasteiger partial charge is 0.422 e. The summed E-state index contributed by atoms with van der Waals surface area (Å²) in [7, 11) is 1.48. The van der Waals surface area contributed by atoms with Gasteiger partial charge >= 0.3 is 23.9 Å². The van der Waals surface area contributed by atoms with Crippen molar-refractivity contribution in [2.24, 2.45) is 10.7 Å². The molecule has 0 radical (unpaired) electrons. The molecule has 1 rings (SSSR count). The number of rotatable bonds is 8. The maximum Gasteiger partial charge on any atom is 0.328 e. The maximum absolute atomic E-state index is 12.9. The number of ether oxygens (including phenoxy) is 3. The molecule has 0 aliphatic heterocycles. The third-order valence-corrected chi connectivity index (χ3v) is 4.36. The summed E-state index contributed by atoms with van der Waals surface area (Å²) >= 11 is 0. The van der Waals surface area contributed by atoms with Gasteiger partial charge in [-0.1, -0.05) is 20.8 Å². The minimum absolute atomic E-state index is 0.0539. The van der Waals surface area contributed by atoms with E-state index in [4.69, 9.17) is 19.9 Å². The van der Waals surface area contributed by atoms with Gasteiger partial charge in [0.1, 0.15) is 0 Å². The van der Waals surface area contributed by atoms with Crippen LogP contribution in [0, 0.1) is 0 Å². The maximum atomic E-state index is 12.9. The number of hydrogen-bond donors (Lipinski definition) is 2. The van der Waals surface area contributed by atoms with Crippen LogP contribution in [0.5, 0.6) is 17.2 Å². The minimum atomic E-state index is -0.709. The van der Waals surface area contributed by atoms with Crippen molar-refractivity contribution < 1.29 is 33.4 Å². The van der Waals surface area contributed by atoms with Gasteiger partial charge in [0, 0.05) is 45.5 Å². The lowest BCUT2D eigenvalue weighted by Gasteiger charge is -2.28. The first-order valence-corrected chi connectivity index (χ1v) is 10.6. The van der Waals surface area contributed by atoms with Crippen molar-refractivity contribution in [3.05, 3.63) is 11.1 Å². The second-order valence-corrected chi connectivity index (χ2v) is 7.04. The monoisotopic (exact) mass is 464 g/mol. The number of benzene rings is 1. The Morgan fingerprint density at radius 2 is 1.27 bits per heavy atom. The fourth-order valence-electron chi connectivity index (χ4n) is 3.14. The van der Waals surface area contributed by atoms with Crippen LogP contribution < -0.4 is 30.2 Å². The van der Waals surface area contributed by atoms with Crippen molar-refractivity contribution in [3.63, 3.8) is 0 Å². The average molecular weight is 465 g/mol. The minimum Gasteiger partial charge on any atom is -0.422 e. The van der Waals surface area contributed by atoms with E-state index < -0.39 is 23.9 Å². The topological polar surface area (TPSA) is 150 Å². The lowest BCUT2D eigenvalue weighted by molar-refractivity contribution is -0.135. The second-order valence-electron chi connectivity index (χ2n) is 7.04. The number of amides is 2. The van der Waals surface area contributed by atoms with Gasteiger partial charge in [-0.15, -0.1) is 0 Å². The Bertz CT molecular complexity index is 912. The Morgan fingerprint density at radius 3 is 1.64 bits per heavy atom. The van der Waals surface area contributed by atoms with Crippen molar-refractivity contribution in [2.75, 3.05) is 18.5 Å². The molecule has 2 amide bonds. The van der Waals surface area contributed by atoms with Crippen molar-refractivity contribution in [3.8, 4) is 17.2 Å². The summed E-state index contributed by atoms with van der Waals surface area (Å²) in [5, 5.41) is 2.50. The van der Waals surface area contributed by atoms with Gasteiger partial charge in [-0.3, -0.25) is 29.6 Å². The fraction of sp³-hybridized carbons (Fsp3) is 0.500. The van der Waals surface area contributed by atoms with E-state index in [0.29, 0.717) is 23.4 Å². The molecule has 0 heterocycles. The Balaban J connectivity index is 3.89. The SMILES string of the molecule is CCCN=C(N)NC(=O)N(C)c1c(CC)c(OC(C)=O)c(OC(C)=O)c(OC(C)=O)c1CC. The summed E-state index contributed by atoms with van der Waals surface area (Å²) in [4.78, 5) is 53.8. The lowest BCUT2D eigenvalue weighted by Crippen LogP contribution is -2.45. The third-order valence-electron chi connectivity index (χ3n) is 4.36. The van der Waals surface area contributed by atoms with Crippen LogP contribution in [-0.4, -0.2) is 43.5 Å². The highest BCUT2D eigenvalue weighted by atomic mass is 16.6. The Morgan fingerprint density at radius 1 is 0.848 bits per heavy atom. The predicted octanol–water partition coefficient (Wildman–Crippen LogP) is 2.46. The van der Waals surface area contributed by atoms with Crippen LogP contribution in [0.4, 0.5) is 10.5 Å². The Labute approximate surface area is 193 Å². The van der Waals surface area contributed by atoms with E-state index in [-0.39, 0.29) is 36.0 Å². The van der Waals surface area contributed by atoms with E-state index in [1.54, 1.807) is 13.8 Å². The molecule has 0 bridgehead atoms. The van der Waals surface area contributed by atoms with E-state index in [1.165, 1.54) is 25.8 Å². The molecule has 0 fully saturated rings. The molecule has 182 valence electrons. The molecule has 0 aliphatic rings. The van der Waals surface area contributed by atoms with Gasteiger partial charge in [0.05, 0.1) is 5.69 Å². The van der Waals surface area contributed by atoms with E-state index in [1.807, 2.05) is 6.92 Å². The first-order chi connectivity index (χ1) is 15.5. The molecule has 11 nitrogen and oxygen atoms in total. The lowest BCUT2D eigenvalue weighted by atomic mass is 9.98. The van der Waals surface area contributed by atoms with Crippen LogP contribution in [0.2, 0.25) is 0 Å². The van der Waals surface area contributed by atoms with Gasteiger partial charge in [0.15, 0.2) is 17.5 Å². The molecule has 0 aliphatic carbocycles. The molecule has 0 atom stereocenters. The summed E-state index contributed by atoms with van der Waals surface area (Å²) in [5.41, 5.74) is 6.90. The molecular formula is C22H32N4O7. The zero-order chi connectivity index (χ0) is 25.3. The molecule has 0 unspecified atom stereocenters. The highest BCUT2D eigenvalue weighted by Crippen LogP contribution is 2.50. The van der Waals surface area contributed by atoms with E-state index in [0.717, 1.165) is 13.3 Å². The number of guanidine groups is 1. The number of aliphatic imine (C=N–C) groups is 1. The fourth-order valence-corrected chi connectivity index (χ4v) is 3.14. The first kappa shape index (κ1) is 27.4. The number of esters is 3. The van der Waals surface area contributed by atoms with Crippen LogP contribution in [0.3, 0.4) is 0 Å². The molecule has 0 saturated heterocycles. The normalized spacial score (nSPS) is 10.9. The molecule has 1 aromatic carbocycles. The van der Waals surface area contributed by atoms with E-state index >= 15 is 0 Å². The summed E-state index contributed by atoms with van der Waals surface area (Å²) < 4.78 is 16.1. The smallest absolute Gasteiger partial charge is 0.328 e. The number of carbonyl (C=O) groups is 4. The number of anilines is 1.